The van der Waals surface area contributed by atoms with E-state index in [0.717, 1.165) is 6.42 Å². The summed E-state index contributed by atoms with van der Waals surface area (Å²) in [5, 5.41) is 8.82. The van der Waals surface area contributed by atoms with Gasteiger partial charge in [0.25, 0.3) is 0 Å². The topological polar surface area (TPSA) is 37.3 Å². The monoisotopic (exact) mass is 156 g/mol. The Kier molecular flexibility index (Phi) is 2.21. The molecule has 1 aliphatic carbocycles. The Hall–Kier alpha value is -0.530. The minimum atomic E-state index is -0.617. The van der Waals surface area contributed by atoms with Crippen LogP contribution >= 0.6 is 0 Å². The Morgan fingerprint density at radius 1 is 1.27 bits per heavy atom. The van der Waals surface area contributed by atoms with Crippen molar-refractivity contribution < 1.29 is 9.90 Å². The molecular weight excluding hydrogens is 140 g/mol. The second-order valence-electron chi connectivity index (χ2n) is 3.88. The summed E-state index contributed by atoms with van der Waals surface area (Å²) in [4.78, 5) is 10.7. The van der Waals surface area contributed by atoms with Crippen molar-refractivity contribution in [2.75, 3.05) is 0 Å². The molecule has 0 radical (unpaired) electrons. The van der Waals surface area contributed by atoms with Crippen LogP contribution in [0.25, 0.3) is 0 Å². The average molecular weight is 156 g/mol. The van der Waals surface area contributed by atoms with Gasteiger partial charge in [0, 0.05) is 0 Å². The van der Waals surface area contributed by atoms with E-state index in [4.69, 9.17) is 5.11 Å². The molecule has 0 aliphatic heterocycles. The number of hydrogen-bond acceptors (Lipinski definition) is 1. The van der Waals surface area contributed by atoms with Gasteiger partial charge in [0.05, 0.1) is 5.92 Å². The number of carboxylic acid groups (broad SMARTS) is 1. The fourth-order valence-corrected chi connectivity index (χ4v) is 2.04. The van der Waals surface area contributed by atoms with E-state index in [-0.39, 0.29) is 5.92 Å². The Labute approximate surface area is 67.6 Å². The lowest BCUT2D eigenvalue weighted by Gasteiger charge is -2.14. The van der Waals surface area contributed by atoms with Gasteiger partial charge in [-0.25, -0.2) is 0 Å². The van der Waals surface area contributed by atoms with Gasteiger partial charge in [-0.15, -0.1) is 0 Å². The maximum Gasteiger partial charge on any atom is 0.306 e. The highest BCUT2D eigenvalue weighted by Crippen LogP contribution is 2.40. The van der Waals surface area contributed by atoms with Gasteiger partial charge in [0.2, 0.25) is 0 Å². The van der Waals surface area contributed by atoms with E-state index in [0.29, 0.717) is 17.8 Å². The smallest absolute Gasteiger partial charge is 0.306 e. The van der Waals surface area contributed by atoms with Crippen molar-refractivity contribution in [3.63, 3.8) is 0 Å². The molecule has 1 rings (SSSR count). The Morgan fingerprint density at radius 3 is 2.00 bits per heavy atom. The quantitative estimate of drug-likeness (QED) is 0.630. The molecule has 0 aromatic rings. The summed E-state index contributed by atoms with van der Waals surface area (Å²) in [5.41, 5.74) is 0. The molecule has 0 spiro atoms. The third-order valence-corrected chi connectivity index (χ3v) is 3.30. The van der Waals surface area contributed by atoms with Crippen molar-refractivity contribution in [3.8, 4) is 0 Å². The average Bonchev–Trinajstić information content (AvgIpc) is 2.17. The van der Waals surface area contributed by atoms with Crippen LogP contribution in [0.2, 0.25) is 0 Å². The zero-order valence-corrected chi connectivity index (χ0v) is 7.37. The van der Waals surface area contributed by atoms with Crippen LogP contribution in [-0.2, 0) is 4.79 Å². The molecule has 64 valence electrons. The predicted molar refractivity (Wildman–Crippen MR) is 43.2 cm³/mol. The van der Waals surface area contributed by atoms with Gasteiger partial charge in [0.15, 0.2) is 0 Å². The molecule has 4 atom stereocenters. The van der Waals surface area contributed by atoms with Gasteiger partial charge < -0.3 is 5.11 Å². The second-order valence-corrected chi connectivity index (χ2v) is 3.88. The van der Waals surface area contributed by atoms with Gasteiger partial charge >= 0.3 is 5.97 Å². The van der Waals surface area contributed by atoms with Crippen LogP contribution in [-0.4, -0.2) is 11.1 Å². The number of hydrogen-bond donors (Lipinski definition) is 1. The SMILES string of the molecule is CC1C[C@@H](C(=O)O)C(C)C1C. The third kappa shape index (κ3) is 1.39. The van der Waals surface area contributed by atoms with Gasteiger partial charge in [-0.1, -0.05) is 20.8 Å². The lowest BCUT2D eigenvalue weighted by atomic mass is 9.91. The van der Waals surface area contributed by atoms with E-state index in [1.807, 2.05) is 6.92 Å². The summed E-state index contributed by atoms with van der Waals surface area (Å²) < 4.78 is 0. The molecule has 1 saturated carbocycles. The molecule has 0 saturated heterocycles. The molecule has 0 aromatic heterocycles. The molecule has 11 heavy (non-hydrogen) atoms. The molecule has 2 nitrogen and oxygen atoms in total. The standard InChI is InChI=1S/C9H16O2/c1-5-4-8(9(10)11)7(3)6(5)2/h5-8H,4H2,1-3H3,(H,10,11)/t5?,6?,7?,8-/m1/s1. The first kappa shape index (κ1) is 8.57. The van der Waals surface area contributed by atoms with Crippen molar-refractivity contribution in [3.05, 3.63) is 0 Å². The predicted octanol–water partition coefficient (Wildman–Crippen LogP) is 2.00. The first-order valence-corrected chi connectivity index (χ1v) is 4.26. The van der Waals surface area contributed by atoms with E-state index in [1.165, 1.54) is 0 Å². The lowest BCUT2D eigenvalue weighted by Crippen LogP contribution is -2.18. The summed E-state index contributed by atoms with van der Waals surface area (Å²) in [6, 6.07) is 0. The molecule has 0 heterocycles. The second kappa shape index (κ2) is 2.84. The summed E-state index contributed by atoms with van der Waals surface area (Å²) in [6.45, 7) is 6.34. The van der Waals surface area contributed by atoms with Crippen LogP contribution in [0, 0.1) is 23.7 Å². The third-order valence-electron chi connectivity index (χ3n) is 3.30. The summed E-state index contributed by atoms with van der Waals surface area (Å²) >= 11 is 0. The number of carboxylic acids is 1. The number of aliphatic carboxylic acids is 1. The fraction of sp³-hybridized carbons (Fsp3) is 0.889. The Bertz CT molecular complexity index is 165. The molecule has 0 bridgehead atoms. The molecule has 1 aliphatic rings. The van der Waals surface area contributed by atoms with E-state index in [1.54, 1.807) is 0 Å². The highest BCUT2D eigenvalue weighted by molar-refractivity contribution is 5.70. The molecule has 3 unspecified atom stereocenters. The summed E-state index contributed by atoms with van der Waals surface area (Å²) in [7, 11) is 0. The molecule has 0 aromatic carbocycles. The lowest BCUT2D eigenvalue weighted by molar-refractivity contribution is -0.142. The minimum Gasteiger partial charge on any atom is -0.481 e. The zero-order valence-electron chi connectivity index (χ0n) is 7.37. The van der Waals surface area contributed by atoms with E-state index < -0.39 is 5.97 Å². The Balaban J connectivity index is 2.67. The largest absolute Gasteiger partial charge is 0.481 e. The van der Waals surface area contributed by atoms with Crippen LogP contribution in [0.5, 0.6) is 0 Å². The van der Waals surface area contributed by atoms with Crippen molar-refractivity contribution in [2.45, 2.75) is 27.2 Å². The summed E-state index contributed by atoms with van der Waals surface area (Å²) in [5.74, 6) is 0.776. The summed E-state index contributed by atoms with van der Waals surface area (Å²) in [6.07, 6.45) is 0.859. The molecular formula is C9H16O2. The maximum atomic E-state index is 10.7. The van der Waals surface area contributed by atoms with Crippen molar-refractivity contribution >= 4 is 5.97 Å². The molecule has 1 N–H and O–H groups in total. The van der Waals surface area contributed by atoms with E-state index in [2.05, 4.69) is 13.8 Å². The molecule has 2 heteroatoms. The van der Waals surface area contributed by atoms with Gasteiger partial charge in [0.1, 0.15) is 0 Å². The van der Waals surface area contributed by atoms with Gasteiger partial charge in [-0.05, 0) is 24.2 Å². The first-order valence-electron chi connectivity index (χ1n) is 4.26. The zero-order chi connectivity index (χ0) is 8.59. The van der Waals surface area contributed by atoms with E-state index >= 15 is 0 Å². The van der Waals surface area contributed by atoms with Crippen LogP contribution in [0.4, 0.5) is 0 Å². The van der Waals surface area contributed by atoms with E-state index in [9.17, 15) is 4.79 Å². The van der Waals surface area contributed by atoms with Crippen LogP contribution < -0.4 is 0 Å². The van der Waals surface area contributed by atoms with Crippen LogP contribution in [0.3, 0.4) is 0 Å². The highest BCUT2D eigenvalue weighted by Gasteiger charge is 2.39. The maximum absolute atomic E-state index is 10.7. The van der Waals surface area contributed by atoms with Crippen LogP contribution in [0.1, 0.15) is 27.2 Å². The number of carbonyl (C=O) groups is 1. The molecule has 0 amide bonds. The highest BCUT2D eigenvalue weighted by atomic mass is 16.4. The van der Waals surface area contributed by atoms with Crippen molar-refractivity contribution in [1.82, 2.24) is 0 Å². The molecule has 1 fully saturated rings. The normalized spacial score (nSPS) is 44.3. The first-order chi connectivity index (χ1) is 5.04. The Morgan fingerprint density at radius 2 is 1.82 bits per heavy atom. The number of rotatable bonds is 1. The van der Waals surface area contributed by atoms with Gasteiger partial charge in [-0.2, -0.15) is 0 Å². The minimum absolute atomic E-state index is 0.0972. The fourth-order valence-electron chi connectivity index (χ4n) is 2.04. The van der Waals surface area contributed by atoms with Crippen LogP contribution in [0.15, 0.2) is 0 Å². The van der Waals surface area contributed by atoms with Gasteiger partial charge in [-0.3, -0.25) is 4.79 Å². The van der Waals surface area contributed by atoms with Crippen molar-refractivity contribution in [2.24, 2.45) is 23.7 Å². The van der Waals surface area contributed by atoms with Crippen molar-refractivity contribution in [1.29, 1.82) is 0 Å².